The van der Waals surface area contributed by atoms with E-state index < -0.39 is 0 Å². The monoisotopic (exact) mass is 1500 g/mol. The normalized spacial score (nSPS) is 63.4. The summed E-state index contributed by atoms with van der Waals surface area (Å²) in [6.45, 7) is 0. The van der Waals surface area contributed by atoms with Gasteiger partial charge in [-0.2, -0.15) is 0 Å². The Balaban J connectivity index is 0.0000000685. The summed E-state index contributed by atoms with van der Waals surface area (Å²) < 4.78 is 0. The number of hydrogen-bond acceptors (Lipinski definition) is 0. The first-order chi connectivity index (χ1) is 54.9. The summed E-state index contributed by atoms with van der Waals surface area (Å²) in [5.74, 6) is 63.0. The van der Waals surface area contributed by atoms with Gasteiger partial charge >= 0.3 is 0 Å². The second-order valence-corrected chi connectivity index (χ2v) is 53.0. The van der Waals surface area contributed by atoms with Crippen molar-refractivity contribution >= 4 is 0 Å². The van der Waals surface area contributed by atoms with Gasteiger partial charge in [-0.15, -0.1) is 0 Å². The van der Waals surface area contributed by atoms with Crippen molar-refractivity contribution in [1.82, 2.24) is 0 Å². The molecule has 0 heterocycles. The van der Waals surface area contributed by atoms with Gasteiger partial charge in [0.2, 0.25) is 0 Å². The van der Waals surface area contributed by atoms with Crippen LogP contribution in [0.2, 0.25) is 0 Å². The molecule has 30 bridgehead atoms. The fourth-order valence-corrected chi connectivity index (χ4v) is 48.5. The molecule has 0 aromatic heterocycles. The lowest BCUT2D eigenvalue weighted by Gasteiger charge is -2.49. The van der Waals surface area contributed by atoms with Crippen LogP contribution in [0.1, 0.15) is 379 Å². The van der Waals surface area contributed by atoms with Crippen molar-refractivity contribution in [2.24, 2.45) is 308 Å². The van der Waals surface area contributed by atoms with Crippen LogP contribution >= 0.6 is 0 Å². The molecule has 0 N–H and O–H groups in total. The van der Waals surface area contributed by atoms with Gasteiger partial charge in [0.05, 0.1) is 0 Å². The molecule has 0 radical (unpaired) electrons. The van der Waals surface area contributed by atoms with E-state index in [4.69, 9.17) is 0 Å². The van der Waals surface area contributed by atoms with Gasteiger partial charge in [0.25, 0.3) is 0 Å². The second kappa shape index (κ2) is 28.3. The molecule has 44 atom stereocenters. The average Bonchev–Trinajstić information content (AvgIpc) is 1.54. The molecule has 111 heavy (non-hydrogen) atoms. The second-order valence-electron chi connectivity index (χ2n) is 53.0. The highest BCUT2D eigenvalue weighted by Crippen LogP contribution is 2.79. The van der Waals surface area contributed by atoms with Crippen LogP contribution < -0.4 is 0 Å². The third-order valence-corrected chi connectivity index (χ3v) is 50.9. The van der Waals surface area contributed by atoms with Gasteiger partial charge in [0, 0.05) is 0 Å². The molecule has 0 aromatic carbocycles. The summed E-state index contributed by atoms with van der Waals surface area (Å²) in [4.78, 5) is 0. The first-order valence-corrected chi connectivity index (χ1v) is 54.9. The molecule has 36 aliphatic carbocycles. The van der Waals surface area contributed by atoms with Gasteiger partial charge in [-0.05, 0) is 603 Å². The minimum atomic E-state index is 1.16. The van der Waals surface area contributed by atoms with Crippen LogP contribution in [0.4, 0.5) is 0 Å². The van der Waals surface area contributed by atoms with Crippen LogP contribution in [-0.2, 0) is 0 Å². The molecule has 0 nitrogen and oxygen atoms in total. The molecule has 36 aliphatic rings. The standard InChI is InChI=1S/C17H24.C15H22.C15H24.C14H20.C12H18.C11H18.C10H16.C9H14.C8H14/c1-2-9-5-8(1)14-12-7-13(15(9)14)17-11-4-3-10(6-11)16(12)17;1-2-10-11(3-1)13-7-12(10)14-8-4-5-9(6-8)15(13)14;1-2-4-11-9-15-13-6-5-12(7-13)14(15)8-10(11)3-1;1-2-8-5-7(1)13-11-6-12(14(8)13)10-4-3-9(10)11;1-2-8-5-7(1)11-9-3-4-10(6-9)12(8)11;1-2-4-11-9-6-5-8(7-9)10(11)3-1;1-4-10-8-2-3-9(10)6-7(1)5-8;1-2-8-4-6-3-7(1)9(8)5-6;1-2-7-4-5-8(3-1)6-7/h8-17H,1-7H2;8-15H,1-7H2;10-15H,1-9H2;7-14H,1-6H2;7-12H,1-6H2;8-11H,1-7H2;7-10H,1-6H2;6-9H,1-5H2;7-8H,1-6H2. The highest BCUT2D eigenvalue weighted by Gasteiger charge is 2.72. The molecule has 0 heteroatoms. The Kier molecular flexibility index (Phi) is 18.2. The minimum absolute atomic E-state index is 1.16. The van der Waals surface area contributed by atoms with E-state index >= 15 is 0 Å². The largest absolute Gasteiger partial charge is 0.0530 e. The van der Waals surface area contributed by atoms with Crippen molar-refractivity contribution in [3.8, 4) is 0 Å². The zero-order valence-electron chi connectivity index (χ0n) is 71.7. The fraction of sp³-hybridized carbons (Fsp3) is 1.00. The lowest BCUT2D eigenvalue weighted by molar-refractivity contribution is -0.00279. The Morgan fingerprint density at radius 1 is 0.0811 bits per heavy atom. The van der Waals surface area contributed by atoms with E-state index in [0.29, 0.717) is 0 Å². The van der Waals surface area contributed by atoms with E-state index in [2.05, 4.69) is 0 Å². The highest BCUT2D eigenvalue weighted by atomic mass is 14.8. The molecule has 36 rings (SSSR count). The first-order valence-electron chi connectivity index (χ1n) is 54.9. The predicted octanol–water partition coefficient (Wildman–Crippen LogP) is 29.4. The predicted molar refractivity (Wildman–Crippen MR) is 454 cm³/mol. The van der Waals surface area contributed by atoms with E-state index in [9.17, 15) is 0 Å². The summed E-state index contributed by atoms with van der Waals surface area (Å²) >= 11 is 0. The summed E-state index contributed by atoms with van der Waals surface area (Å²) in [7, 11) is 0. The molecule has 0 spiro atoms. The van der Waals surface area contributed by atoms with Crippen molar-refractivity contribution in [3.63, 3.8) is 0 Å². The SMILES string of the molecule is C1CC2C(C1)C1CC2C2C3CCC(C3)C12.C1CC2C3CCC2CC1C3.C1CC2CC1C1C3CC(C21)C1C2CCC(C2)C31.C1CC2CC1C1C3CC(C4CCC43)C21.C1CC2CC1C1C3CCC(C3)C21.C1CC2CC3CC1C2C3.C1CC2CCC(C1)C2.C1CCC2C3CCC(C3)C2C1.C1CCC2CC3C4CCC(C4)C3CC2C1. The van der Waals surface area contributed by atoms with Gasteiger partial charge in [0.1, 0.15) is 0 Å². The van der Waals surface area contributed by atoms with E-state index in [1.165, 1.54) is 302 Å². The molecule has 0 saturated heterocycles. The quantitative estimate of drug-likeness (QED) is 0.212. The maximum Gasteiger partial charge on any atom is -0.0321 e. The van der Waals surface area contributed by atoms with Crippen molar-refractivity contribution in [3.05, 3.63) is 0 Å². The average molecular weight is 1500 g/mol. The minimum Gasteiger partial charge on any atom is -0.0530 e. The van der Waals surface area contributed by atoms with E-state index in [1.807, 2.05) is 0 Å². The lowest BCUT2D eigenvalue weighted by Crippen LogP contribution is -2.42. The molecule has 44 unspecified atom stereocenters. The zero-order valence-corrected chi connectivity index (χ0v) is 71.7. The number of hydrogen-bond donors (Lipinski definition) is 0. The van der Waals surface area contributed by atoms with Crippen molar-refractivity contribution < 1.29 is 0 Å². The summed E-state index contributed by atoms with van der Waals surface area (Å²) in [6.07, 6.45) is 94.8. The first kappa shape index (κ1) is 71.6. The molecule has 0 aliphatic heterocycles. The van der Waals surface area contributed by atoms with Gasteiger partial charge in [-0.1, -0.05) is 83.5 Å². The molecule has 614 valence electrons. The number of rotatable bonds is 0. The van der Waals surface area contributed by atoms with E-state index in [0.717, 1.165) is 11.8 Å². The molecule has 36 fully saturated rings. The fourth-order valence-electron chi connectivity index (χ4n) is 48.5. The Bertz CT molecular complexity index is 3070. The van der Waals surface area contributed by atoms with Gasteiger partial charge in [-0.25, -0.2) is 0 Å². The molecular formula is C111H170. The van der Waals surface area contributed by atoms with Crippen molar-refractivity contribution in [2.75, 3.05) is 0 Å². The number of fused-ring (bicyclic) bond motifs is 64. The molecule has 36 saturated carbocycles. The lowest BCUT2D eigenvalue weighted by atomic mass is 9.56. The van der Waals surface area contributed by atoms with Crippen LogP contribution in [0.25, 0.3) is 0 Å². The van der Waals surface area contributed by atoms with Crippen LogP contribution in [-0.4, -0.2) is 0 Å². The maximum absolute atomic E-state index is 1.70. The topological polar surface area (TPSA) is 0 Å². The maximum atomic E-state index is 1.70. The Morgan fingerprint density at radius 3 is 0.685 bits per heavy atom. The van der Waals surface area contributed by atoms with E-state index in [-0.39, 0.29) is 0 Å². The third-order valence-electron chi connectivity index (χ3n) is 50.9. The summed E-state index contributed by atoms with van der Waals surface area (Å²) in [6, 6.07) is 0. The van der Waals surface area contributed by atoms with E-state index in [1.54, 1.807) is 372 Å². The molecule has 0 aromatic rings. The van der Waals surface area contributed by atoms with Crippen LogP contribution in [0.3, 0.4) is 0 Å². The summed E-state index contributed by atoms with van der Waals surface area (Å²) in [5, 5.41) is 0. The molecule has 0 amide bonds. The van der Waals surface area contributed by atoms with Crippen molar-refractivity contribution in [1.29, 1.82) is 0 Å². The Labute approximate surface area is 682 Å². The third kappa shape index (κ3) is 11.4. The summed E-state index contributed by atoms with van der Waals surface area (Å²) in [5.41, 5.74) is 0. The zero-order chi connectivity index (χ0) is 71.7. The van der Waals surface area contributed by atoms with Crippen LogP contribution in [0.15, 0.2) is 0 Å². The van der Waals surface area contributed by atoms with Crippen molar-refractivity contribution in [2.45, 2.75) is 379 Å². The van der Waals surface area contributed by atoms with Crippen LogP contribution in [0.5, 0.6) is 0 Å². The highest BCUT2D eigenvalue weighted by molar-refractivity contribution is 5.21. The Hall–Kier alpha value is 0. The Morgan fingerprint density at radius 2 is 0.342 bits per heavy atom. The van der Waals surface area contributed by atoms with Gasteiger partial charge in [-0.3, -0.25) is 0 Å². The smallest absolute Gasteiger partial charge is 0.0321 e. The van der Waals surface area contributed by atoms with Gasteiger partial charge in [0.15, 0.2) is 0 Å². The van der Waals surface area contributed by atoms with Gasteiger partial charge < -0.3 is 0 Å². The molecular weight excluding hydrogens is 1330 g/mol. The van der Waals surface area contributed by atoms with Crippen LogP contribution in [0, 0.1) is 308 Å².